The van der Waals surface area contributed by atoms with Crippen LogP contribution in [-0.4, -0.2) is 28.7 Å². The predicted molar refractivity (Wildman–Crippen MR) is 384 cm³/mol. The van der Waals surface area contributed by atoms with Crippen molar-refractivity contribution < 1.29 is 20.6 Å². The first-order valence-electron chi connectivity index (χ1n) is 35.5. The van der Waals surface area contributed by atoms with E-state index in [4.69, 9.17) is 21.8 Å². The molecule has 0 fully saturated rings. The van der Waals surface area contributed by atoms with Gasteiger partial charge in [0.15, 0.2) is 0 Å². The van der Waals surface area contributed by atoms with Gasteiger partial charge < -0.3 is 4.57 Å². The third kappa shape index (κ3) is 9.62. The lowest BCUT2D eigenvalue weighted by Crippen LogP contribution is -2.32. The summed E-state index contributed by atoms with van der Waals surface area (Å²) < 4.78 is 56.1. The van der Waals surface area contributed by atoms with Crippen molar-refractivity contribution in [3.8, 4) is 45.1 Å². The summed E-state index contributed by atoms with van der Waals surface area (Å²) in [6.45, 7) is 21.2. The molecular formula is C84H84N9+3. The van der Waals surface area contributed by atoms with Gasteiger partial charge in [0, 0.05) is 79.5 Å². The molecule has 93 heavy (non-hydrogen) atoms. The zero-order valence-electron chi connectivity index (χ0n) is 61.1. The van der Waals surface area contributed by atoms with Gasteiger partial charge in [0.1, 0.15) is 38.6 Å². The molecule has 0 aliphatic carbocycles. The molecule has 0 saturated heterocycles. The molecule has 8 aromatic carbocycles. The maximum absolute atomic E-state index is 8.71. The molecule has 3 aliphatic heterocycles. The van der Waals surface area contributed by atoms with E-state index >= 15 is 0 Å². The van der Waals surface area contributed by atoms with Gasteiger partial charge in [-0.05, 0) is 189 Å². The summed E-state index contributed by atoms with van der Waals surface area (Å²) in [5.41, 5.74) is 32.0. The minimum absolute atomic E-state index is 0.184. The molecule has 0 unspecified atom stereocenters. The number of aryl methyl sites for hydroxylation is 8. The summed E-state index contributed by atoms with van der Waals surface area (Å²) in [7, 11) is 6.34. The number of nitrogens with zero attached hydrogens (tertiary/aromatic N) is 9. The number of benzene rings is 8. The number of hydrogen-bond donors (Lipinski definition) is 0. The van der Waals surface area contributed by atoms with Crippen molar-refractivity contribution in [1.29, 1.82) is 0 Å². The predicted octanol–water partition coefficient (Wildman–Crippen LogP) is 17.7. The third-order valence-electron chi connectivity index (χ3n) is 20.3. The highest BCUT2D eigenvalue weighted by molar-refractivity contribution is 5.94. The van der Waals surface area contributed by atoms with Crippen LogP contribution in [0.25, 0.3) is 117 Å². The Morgan fingerprint density at radius 1 is 0.462 bits per heavy atom. The van der Waals surface area contributed by atoms with E-state index < -0.39 is 13.2 Å². The summed E-state index contributed by atoms with van der Waals surface area (Å²) in [6, 6.07) is 53.5. The fourth-order valence-electron chi connectivity index (χ4n) is 15.4. The molecule has 9 heterocycles. The number of pyridine rings is 3. The Labute approximate surface area is 553 Å². The van der Waals surface area contributed by atoms with Crippen LogP contribution >= 0.6 is 0 Å². The first-order valence-corrected chi connectivity index (χ1v) is 33.0. The fourth-order valence-corrected chi connectivity index (χ4v) is 15.4. The fraction of sp³-hybridized carbons (Fsp3) is 0.262. The molecule has 6 aromatic heterocycles. The highest BCUT2D eigenvalue weighted by Crippen LogP contribution is 2.41. The lowest BCUT2D eigenvalue weighted by molar-refractivity contribution is -0.633. The Hall–Kier alpha value is -9.86. The number of imidazole rings is 3. The van der Waals surface area contributed by atoms with E-state index in [1.807, 2.05) is 74.9 Å². The second-order valence-electron chi connectivity index (χ2n) is 27.0. The number of aromatic nitrogens is 9. The Morgan fingerprint density at radius 2 is 0.946 bits per heavy atom. The maximum atomic E-state index is 8.71. The van der Waals surface area contributed by atoms with Crippen molar-refractivity contribution in [2.75, 3.05) is 0 Å². The SMILES string of the molecule is Cc1c(-c2cc(C)c3c(C)cccc3[n+]2C)cc2c(nc3n2C=CC3)c1C.Cc1c(-c2ccc3c(CC(C)C)cccc3[n+]2C)cc2c(nc3n2-c2ccccc2C3)c1C.[2H]C([2H])([2H])c1c(C)c(-c2ccc3c(C([2H])([2H])C(C)C)cccc3[n+]2C)cc2c1nc1n2-c2ccccc2C1. The lowest BCUT2D eigenvalue weighted by atomic mass is 9.95. The van der Waals surface area contributed by atoms with Crippen LogP contribution in [0, 0.1) is 67.2 Å². The van der Waals surface area contributed by atoms with Crippen LogP contribution in [0.15, 0.2) is 158 Å². The third-order valence-corrected chi connectivity index (χ3v) is 20.3. The van der Waals surface area contributed by atoms with Crippen LogP contribution < -0.4 is 13.7 Å². The largest absolute Gasteiger partial charge is 0.303 e. The van der Waals surface area contributed by atoms with E-state index in [0.717, 1.165) is 81.1 Å². The molecular weight excluding hydrogens is 1130 g/mol. The minimum atomic E-state index is -2.33. The monoisotopic (exact) mass is 1220 g/mol. The maximum Gasteiger partial charge on any atom is 0.213 e. The molecule has 462 valence electrons. The van der Waals surface area contributed by atoms with Crippen molar-refractivity contribution >= 4 is 72.0 Å². The molecule has 3 aliphatic rings. The Morgan fingerprint density at radius 3 is 1.53 bits per heavy atom. The first-order chi connectivity index (χ1) is 46.8. The highest BCUT2D eigenvalue weighted by Gasteiger charge is 2.30. The molecule has 0 amide bonds. The van der Waals surface area contributed by atoms with Crippen LogP contribution in [0.3, 0.4) is 0 Å². The van der Waals surface area contributed by atoms with E-state index in [9.17, 15) is 0 Å². The van der Waals surface area contributed by atoms with E-state index in [1.165, 1.54) is 111 Å². The molecule has 9 nitrogen and oxygen atoms in total. The van der Waals surface area contributed by atoms with Gasteiger partial charge in [-0.15, -0.1) is 0 Å². The van der Waals surface area contributed by atoms with Crippen LogP contribution in [-0.2, 0) is 53.2 Å². The zero-order valence-corrected chi connectivity index (χ0v) is 56.1. The average Bonchev–Trinajstić information content (AvgIpc) is 1.55. The van der Waals surface area contributed by atoms with Gasteiger partial charge in [-0.25, -0.2) is 15.0 Å². The van der Waals surface area contributed by atoms with E-state index in [2.05, 4.69) is 214 Å². The molecule has 0 atom stereocenters. The minimum Gasteiger partial charge on any atom is -0.303 e. The normalized spacial score (nSPS) is 13.9. The topological polar surface area (TPSA) is 65.1 Å². The van der Waals surface area contributed by atoms with E-state index in [-0.39, 0.29) is 11.5 Å². The average molecular weight is 1220 g/mol. The van der Waals surface area contributed by atoms with Crippen LogP contribution in [0.2, 0.25) is 0 Å². The van der Waals surface area contributed by atoms with Crippen molar-refractivity contribution in [2.45, 2.75) is 115 Å². The Balaban J connectivity index is 0.000000122. The molecule has 0 saturated carbocycles. The summed E-state index contributed by atoms with van der Waals surface area (Å²) in [4.78, 5) is 14.8. The van der Waals surface area contributed by atoms with Gasteiger partial charge in [-0.2, -0.15) is 13.7 Å². The van der Waals surface area contributed by atoms with Gasteiger partial charge in [-0.3, -0.25) is 9.13 Å². The van der Waals surface area contributed by atoms with Crippen LogP contribution in [0.4, 0.5) is 0 Å². The second kappa shape index (κ2) is 22.8. The van der Waals surface area contributed by atoms with E-state index in [0.29, 0.717) is 29.0 Å². The summed E-state index contributed by atoms with van der Waals surface area (Å²) in [6.07, 6.45) is 6.44. The molecule has 14 aromatic rings. The smallest absolute Gasteiger partial charge is 0.213 e. The van der Waals surface area contributed by atoms with Gasteiger partial charge in [0.25, 0.3) is 0 Å². The number of rotatable bonds is 7. The highest BCUT2D eigenvalue weighted by atomic mass is 15.1. The molecule has 9 heteroatoms. The van der Waals surface area contributed by atoms with Crippen LogP contribution in [0.5, 0.6) is 0 Å². The van der Waals surface area contributed by atoms with Gasteiger partial charge >= 0.3 is 0 Å². The van der Waals surface area contributed by atoms with Gasteiger partial charge in [-0.1, -0.05) is 107 Å². The number of hydrogen-bond acceptors (Lipinski definition) is 3. The summed E-state index contributed by atoms with van der Waals surface area (Å²) in [5.74, 6) is 3.59. The quantitative estimate of drug-likeness (QED) is 0.149. The Bertz CT molecular complexity index is 5740. The second-order valence-corrected chi connectivity index (χ2v) is 27.0. The van der Waals surface area contributed by atoms with Crippen molar-refractivity contribution in [2.24, 2.45) is 33.0 Å². The molecule has 0 spiro atoms. The summed E-state index contributed by atoms with van der Waals surface area (Å²) in [5, 5.41) is 3.56. The first kappa shape index (κ1) is 53.8. The van der Waals surface area contributed by atoms with Gasteiger partial charge in [0.05, 0.1) is 66.6 Å². The number of fused-ring (bicyclic) bond motifs is 16. The molecule has 17 rings (SSSR count). The molecule has 0 radical (unpaired) electrons. The number of para-hydroxylation sites is 2. The van der Waals surface area contributed by atoms with Crippen molar-refractivity contribution in [3.63, 3.8) is 0 Å². The Kier molecular flexibility index (Phi) is 13.2. The standard InChI is InChI=1S/2C30H30N3.C24H24N3/c2*1-18(2)15-21-10-8-12-26-23(21)13-14-27(32(26)5)24-17-28-30(20(4)19(24)3)31-29-16-22-9-6-7-11-25(22)33(28)29;1-14-8-6-9-19-23(14)15(2)12-20(26(19)5)18-13-21-24(17(4)16(18)3)25-22-10-7-11-27(21)22/h2*6-14,17-18H,15-16H2,1-5H3;6-9,11-13H,10H2,1-5H3/q3*+1/i4D3,15D2;;. The molecule has 0 N–H and O–H groups in total. The van der Waals surface area contributed by atoms with Crippen LogP contribution in [0.1, 0.15) is 119 Å². The molecule has 0 bridgehead atoms. The lowest BCUT2D eigenvalue weighted by Gasteiger charge is -2.13. The summed E-state index contributed by atoms with van der Waals surface area (Å²) >= 11 is 0. The van der Waals surface area contributed by atoms with Gasteiger partial charge in [0.2, 0.25) is 33.6 Å². The van der Waals surface area contributed by atoms with Crippen molar-refractivity contribution in [3.05, 3.63) is 242 Å². The van der Waals surface area contributed by atoms with Crippen molar-refractivity contribution in [1.82, 2.24) is 28.7 Å². The van der Waals surface area contributed by atoms with E-state index in [1.54, 1.807) is 0 Å². The zero-order chi connectivity index (χ0) is 68.9. The number of allylic oxidation sites excluding steroid dienone is 1.